The zero-order chi connectivity index (χ0) is 11.2. The van der Waals surface area contributed by atoms with E-state index in [2.05, 4.69) is 0 Å². The second-order valence-electron chi connectivity index (χ2n) is 4.61. The maximum Gasteiger partial charge on any atom is 0.338 e. The van der Waals surface area contributed by atoms with Gasteiger partial charge in [-0.25, -0.2) is 4.79 Å². The van der Waals surface area contributed by atoms with Crippen LogP contribution in [0.3, 0.4) is 0 Å². The molecule has 1 saturated heterocycles. The minimum absolute atomic E-state index is 0.150. The van der Waals surface area contributed by atoms with Crippen LogP contribution < -0.4 is 0 Å². The Labute approximate surface area is 94.4 Å². The lowest BCUT2D eigenvalue weighted by atomic mass is 9.97. The summed E-state index contributed by atoms with van der Waals surface area (Å²) in [6.45, 7) is 1.93. The van der Waals surface area contributed by atoms with E-state index in [1.165, 1.54) is 0 Å². The average Bonchev–Trinajstić information content (AvgIpc) is 3.18. The van der Waals surface area contributed by atoms with Crippen molar-refractivity contribution in [2.75, 3.05) is 0 Å². The Bertz CT molecular complexity index is 410. The molecular formula is C13H14O3. The van der Waals surface area contributed by atoms with Gasteiger partial charge in [0.1, 0.15) is 11.7 Å². The highest BCUT2D eigenvalue weighted by Gasteiger charge is 2.59. The van der Waals surface area contributed by atoms with E-state index in [9.17, 15) is 4.79 Å². The van der Waals surface area contributed by atoms with Crippen molar-refractivity contribution in [1.82, 2.24) is 0 Å². The van der Waals surface area contributed by atoms with Gasteiger partial charge in [-0.15, -0.1) is 0 Å². The molecule has 3 rings (SSSR count). The number of rotatable bonds is 3. The van der Waals surface area contributed by atoms with Crippen molar-refractivity contribution in [2.24, 2.45) is 0 Å². The topological polar surface area (TPSA) is 38.8 Å². The fraction of sp³-hybridized carbons (Fsp3) is 0.462. The minimum Gasteiger partial charge on any atom is -0.460 e. The molecule has 3 nitrogen and oxygen atoms in total. The molecule has 0 N–H and O–H groups in total. The van der Waals surface area contributed by atoms with E-state index < -0.39 is 11.7 Å². The number of ether oxygens (including phenoxy) is 2. The first kappa shape index (κ1) is 9.85. The largest absolute Gasteiger partial charge is 0.460 e. The van der Waals surface area contributed by atoms with Crippen LogP contribution in [0.4, 0.5) is 0 Å². The molecule has 84 valence electrons. The predicted molar refractivity (Wildman–Crippen MR) is 57.8 cm³/mol. The number of carbonyl (C=O) groups excluding carboxylic acids is 1. The van der Waals surface area contributed by atoms with Gasteiger partial charge < -0.3 is 9.47 Å². The van der Waals surface area contributed by atoms with Crippen LogP contribution in [0.25, 0.3) is 0 Å². The average molecular weight is 218 g/mol. The van der Waals surface area contributed by atoms with Gasteiger partial charge in [0, 0.05) is 0 Å². The zero-order valence-electron chi connectivity index (χ0n) is 9.18. The molecule has 2 atom stereocenters. The van der Waals surface area contributed by atoms with Gasteiger partial charge in [-0.3, -0.25) is 0 Å². The second kappa shape index (κ2) is 3.32. The summed E-state index contributed by atoms with van der Waals surface area (Å²) in [5.74, 6) is -0.214. The lowest BCUT2D eigenvalue weighted by Gasteiger charge is -2.06. The van der Waals surface area contributed by atoms with Gasteiger partial charge in [0.25, 0.3) is 0 Å². The molecule has 1 aliphatic carbocycles. The summed E-state index contributed by atoms with van der Waals surface area (Å²) in [5.41, 5.74) is 0.556. The van der Waals surface area contributed by atoms with E-state index >= 15 is 0 Å². The van der Waals surface area contributed by atoms with Gasteiger partial charge >= 0.3 is 5.97 Å². The van der Waals surface area contributed by atoms with Crippen LogP contribution in [0.5, 0.6) is 0 Å². The Kier molecular flexibility index (Phi) is 2.04. The first-order valence-corrected chi connectivity index (χ1v) is 5.64. The van der Waals surface area contributed by atoms with Gasteiger partial charge in [0.05, 0.1) is 0 Å². The molecular weight excluding hydrogens is 204 g/mol. The molecule has 1 heterocycles. The Morgan fingerprint density at radius 3 is 2.69 bits per heavy atom. The lowest BCUT2D eigenvalue weighted by molar-refractivity contribution is -0.146. The van der Waals surface area contributed by atoms with E-state index in [0.717, 1.165) is 18.4 Å². The normalized spacial score (nSPS) is 32.2. The van der Waals surface area contributed by atoms with Crippen molar-refractivity contribution in [1.29, 1.82) is 0 Å². The van der Waals surface area contributed by atoms with Crippen molar-refractivity contribution in [2.45, 2.75) is 37.6 Å². The summed E-state index contributed by atoms with van der Waals surface area (Å²) >= 11 is 0. The number of esters is 1. The summed E-state index contributed by atoms with van der Waals surface area (Å²) in [6.07, 6.45) is 1.73. The molecule has 1 aromatic carbocycles. The van der Waals surface area contributed by atoms with E-state index in [1.54, 1.807) is 0 Å². The minimum atomic E-state index is -0.479. The van der Waals surface area contributed by atoms with E-state index in [0.29, 0.717) is 0 Å². The van der Waals surface area contributed by atoms with E-state index in [1.807, 2.05) is 37.3 Å². The van der Waals surface area contributed by atoms with Gasteiger partial charge in [-0.05, 0) is 25.3 Å². The first-order valence-electron chi connectivity index (χ1n) is 5.64. The molecule has 0 bridgehead atoms. The lowest BCUT2D eigenvalue weighted by Crippen LogP contribution is -2.19. The van der Waals surface area contributed by atoms with Crippen molar-refractivity contribution in [3.05, 3.63) is 35.9 Å². The van der Waals surface area contributed by atoms with Crippen molar-refractivity contribution < 1.29 is 14.3 Å². The smallest absolute Gasteiger partial charge is 0.338 e. The molecule has 2 aliphatic rings. The van der Waals surface area contributed by atoms with Crippen LogP contribution in [0.2, 0.25) is 0 Å². The quantitative estimate of drug-likeness (QED) is 0.575. The highest BCUT2D eigenvalue weighted by molar-refractivity contribution is 5.80. The van der Waals surface area contributed by atoms with Gasteiger partial charge in [-0.2, -0.15) is 0 Å². The van der Waals surface area contributed by atoms with Gasteiger partial charge in [0.15, 0.2) is 6.10 Å². The molecule has 1 aromatic rings. The van der Waals surface area contributed by atoms with E-state index in [4.69, 9.17) is 9.47 Å². The summed E-state index contributed by atoms with van der Waals surface area (Å²) in [4.78, 5) is 11.7. The Hall–Kier alpha value is -1.35. The molecule has 2 unspecified atom stereocenters. The summed E-state index contributed by atoms with van der Waals surface area (Å²) < 4.78 is 10.7. The molecule has 3 heteroatoms. The van der Waals surface area contributed by atoms with Crippen LogP contribution in [-0.2, 0) is 19.9 Å². The molecule has 0 aromatic heterocycles. The maximum atomic E-state index is 11.7. The van der Waals surface area contributed by atoms with Crippen molar-refractivity contribution >= 4 is 5.97 Å². The number of carbonyl (C=O) groups is 1. The molecule has 1 aliphatic heterocycles. The molecule has 0 radical (unpaired) electrons. The second-order valence-corrected chi connectivity index (χ2v) is 4.61. The fourth-order valence-electron chi connectivity index (χ4n) is 1.88. The molecule has 16 heavy (non-hydrogen) atoms. The third-order valence-electron chi connectivity index (χ3n) is 3.17. The standard InChI is InChI=1S/C13H14O3/c1-13(9-5-3-2-4-6-9)11(16-13)12(14)15-10-7-8-10/h2-6,10-11H,7-8H2,1H3. The summed E-state index contributed by atoms with van der Waals surface area (Å²) in [7, 11) is 0. The van der Waals surface area contributed by atoms with Crippen LogP contribution in [0.15, 0.2) is 30.3 Å². The molecule has 2 fully saturated rings. The number of hydrogen-bond donors (Lipinski definition) is 0. The Balaban J connectivity index is 1.71. The molecule has 0 spiro atoms. The van der Waals surface area contributed by atoms with Gasteiger partial charge in [-0.1, -0.05) is 30.3 Å². The van der Waals surface area contributed by atoms with Crippen LogP contribution in [-0.4, -0.2) is 18.2 Å². The summed E-state index contributed by atoms with van der Waals surface area (Å²) in [5, 5.41) is 0. The predicted octanol–water partition coefficient (Wildman–Crippen LogP) is 2.01. The molecule has 1 saturated carbocycles. The zero-order valence-corrected chi connectivity index (χ0v) is 9.18. The maximum absolute atomic E-state index is 11.7. The summed E-state index contributed by atoms with van der Waals surface area (Å²) in [6, 6.07) is 9.80. The third-order valence-corrected chi connectivity index (χ3v) is 3.17. The monoisotopic (exact) mass is 218 g/mol. The van der Waals surface area contributed by atoms with Crippen LogP contribution >= 0.6 is 0 Å². The van der Waals surface area contributed by atoms with Crippen LogP contribution in [0.1, 0.15) is 25.3 Å². The Morgan fingerprint density at radius 2 is 2.06 bits per heavy atom. The molecule has 0 amide bonds. The number of benzene rings is 1. The third kappa shape index (κ3) is 1.61. The first-order chi connectivity index (χ1) is 7.70. The highest BCUT2D eigenvalue weighted by Crippen LogP contribution is 2.47. The van der Waals surface area contributed by atoms with Crippen molar-refractivity contribution in [3.63, 3.8) is 0 Å². The van der Waals surface area contributed by atoms with Gasteiger partial charge in [0.2, 0.25) is 0 Å². The fourth-order valence-corrected chi connectivity index (χ4v) is 1.88. The highest BCUT2D eigenvalue weighted by atomic mass is 16.7. The number of epoxide rings is 1. The van der Waals surface area contributed by atoms with E-state index in [-0.39, 0.29) is 12.1 Å². The number of hydrogen-bond acceptors (Lipinski definition) is 3. The van der Waals surface area contributed by atoms with Crippen LogP contribution in [0, 0.1) is 0 Å². The Morgan fingerprint density at radius 1 is 1.38 bits per heavy atom. The van der Waals surface area contributed by atoms with Crippen molar-refractivity contribution in [3.8, 4) is 0 Å². The SMILES string of the molecule is CC1(c2ccccc2)OC1C(=O)OC1CC1.